The van der Waals surface area contributed by atoms with Crippen LogP contribution in [0.5, 0.6) is 0 Å². The van der Waals surface area contributed by atoms with Crippen molar-refractivity contribution in [3.63, 3.8) is 0 Å². The number of carbonyl (C=O) groups excluding carboxylic acids is 2. The Kier molecular flexibility index (Phi) is 7.35. The van der Waals surface area contributed by atoms with E-state index >= 15 is 0 Å². The third-order valence-electron chi connectivity index (χ3n) is 4.45. The number of hydrogen-bond acceptors (Lipinski definition) is 5. The van der Waals surface area contributed by atoms with E-state index in [-0.39, 0.29) is 17.4 Å². The molecule has 2 N–H and O–H groups in total. The second kappa shape index (κ2) is 9.98. The van der Waals surface area contributed by atoms with Gasteiger partial charge in [-0.3, -0.25) is 19.0 Å². The van der Waals surface area contributed by atoms with Crippen LogP contribution in [0.1, 0.15) is 27.2 Å². The van der Waals surface area contributed by atoms with Crippen molar-refractivity contribution >= 4 is 57.5 Å². The van der Waals surface area contributed by atoms with Gasteiger partial charge in [-0.2, -0.15) is 0 Å². The van der Waals surface area contributed by atoms with E-state index < -0.39 is 5.25 Å². The summed E-state index contributed by atoms with van der Waals surface area (Å²) < 4.78 is 1.60. The van der Waals surface area contributed by atoms with Crippen LogP contribution in [0, 0.1) is 0 Å². The molecule has 0 aliphatic carbocycles. The van der Waals surface area contributed by atoms with Crippen LogP contribution < -0.4 is 16.2 Å². The number of fused-ring (bicyclic) bond motifs is 1. The predicted molar refractivity (Wildman–Crippen MR) is 126 cm³/mol. The standard InChI is InChI=1S/C22H23ClN4O3S/c1-4-11-27-21(30)18-10-5-15(23)12-19(18)26-22(27)31-13(2)20(29)25-17-8-6-16(7-9-17)24-14(3)28/h5-10,12-13H,4,11H2,1-3H3,(H,24,28)(H,25,29)/t13-/m0/s1. The molecular weight excluding hydrogens is 436 g/mol. The quantitative estimate of drug-likeness (QED) is 0.400. The van der Waals surface area contributed by atoms with E-state index in [9.17, 15) is 14.4 Å². The highest BCUT2D eigenvalue weighted by atomic mass is 35.5. The number of benzene rings is 2. The number of nitrogens with one attached hydrogen (secondary N) is 2. The van der Waals surface area contributed by atoms with Gasteiger partial charge in [0.2, 0.25) is 11.8 Å². The molecule has 0 unspecified atom stereocenters. The molecule has 7 nitrogen and oxygen atoms in total. The van der Waals surface area contributed by atoms with Crippen molar-refractivity contribution in [3.8, 4) is 0 Å². The Bertz CT molecular complexity index is 1180. The molecule has 2 aromatic carbocycles. The van der Waals surface area contributed by atoms with Crippen molar-refractivity contribution in [2.45, 2.75) is 44.1 Å². The van der Waals surface area contributed by atoms with Crippen LogP contribution in [0.25, 0.3) is 10.9 Å². The van der Waals surface area contributed by atoms with Crippen LogP contribution in [0.15, 0.2) is 52.4 Å². The first-order chi connectivity index (χ1) is 14.8. The summed E-state index contributed by atoms with van der Waals surface area (Å²) in [5, 5.41) is 6.50. The normalized spacial score (nSPS) is 11.9. The number of hydrogen-bond donors (Lipinski definition) is 2. The lowest BCUT2D eigenvalue weighted by Crippen LogP contribution is -2.27. The van der Waals surface area contributed by atoms with Crippen molar-refractivity contribution in [3.05, 3.63) is 57.8 Å². The van der Waals surface area contributed by atoms with Crippen LogP contribution in [-0.4, -0.2) is 26.6 Å². The van der Waals surface area contributed by atoms with Gasteiger partial charge in [-0.25, -0.2) is 4.98 Å². The molecule has 3 aromatic rings. The summed E-state index contributed by atoms with van der Waals surface area (Å²) in [6.07, 6.45) is 0.759. The molecule has 0 radical (unpaired) electrons. The zero-order valence-corrected chi connectivity index (χ0v) is 19.0. The van der Waals surface area contributed by atoms with Gasteiger partial charge in [0.05, 0.1) is 16.2 Å². The maximum Gasteiger partial charge on any atom is 0.262 e. The van der Waals surface area contributed by atoms with Gasteiger partial charge in [-0.15, -0.1) is 0 Å². The van der Waals surface area contributed by atoms with E-state index in [0.29, 0.717) is 39.0 Å². The van der Waals surface area contributed by atoms with Crippen LogP contribution >= 0.6 is 23.4 Å². The summed E-state index contributed by atoms with van der Waals surface area (Å²) in [5.74, 6) is -0.384. The molecule has 1 atom stereocenters. The van der Waals surface area contributed by atoms with E-state index in [1.54, 1.807) is 54.0 Å². The molecule has 0 spiro atoms. The lowest BCUT2D eigenvalue weighted by molar-refractivity contribution is -0.115. The zero-order chi connectivity index (χ0) is 22.5. The first-order valence-corrected chi connectivity index (χ1v) is 11.1. The Hall–Kier alpha value is -2.84. The Labute approximate surface area is 189 Å². The van der Waals surface area contributed by atoms with Gasteiger partial charge in [-0.05, 0) is 55.8 Å². The first-order valence-electron chi connectivity index (χ1n) is 9.83. The predicted octanol–water partition coefficient (Wildman–Crippen LogP) is 4.54. The molecule has 0 bridgehead atoms. The molecule has 1 aromatic heterocycles. The van der Waals surface area contributed by atoms with E-state index in [1.165, 1.54) is 18.7 Å². The number of carbonyl (C=O) groups is 2. The van der Waals surface area contributed by atoms with E-state index in [4.69, 9.17) is 11.6 Å². The molecule has 0 aliphatic heterocycles. The zero-order valence-electron chi connectivity index (χ0n) is 17.4. The Morgan fingerprint density at radius 3 is 2.39 bits per heavy atom. The van der Waals surface area contributed by atoms with E-state index in [2.05, 4.69) is 15.6 Å². The highest BCUT2D eigenvalue weighted by Gasteiger charge is 2.19. The number of rotatable bonds is 7. The number of halogens is 1. The molecule has 31 heavy (non-hydrogen) atoms. The molecule has 0 saturated carbocycles. The van der Waals surface area contributed by atoms with Gasteiger partial charge in [0.15, 0.2) is 5.16 Å². The third-order valence-corrected chi connectivity index (χ3v) is 5.78. The minimum absolute atomic E-state index is 0.146. The van der Waals surface area contributed by atoms with Crippen molar-refractivity contribution in [1.82, 2.24) is 9.55 Å². The third kappa shape index (κ3) is 5.65. The molecule has 162 valence electrons. The van der Waals surface area contributed by atoms with Crippen molar-refractivity contribution in [1.29, 1.82) is 0 Å². The highest BCUT2D eigenvalue weighted by molar-refractivity contribution is 8.00. The number of aromatic nitrogens is 2. The van der Waals surface area contributed by atoms with E-state index in [0.717, 1.165) is 6.42 Å². The lowest BCUT2D eigenvalue weighted by Gasteiger charge is -2.16. The average Bonchev–Trinajstić information content (AvgIpc) is 2.71. The van der Waals surface area contributed by atoms with Crippen molar-refractivity contribution < 1.29 is 9.59 Å². The number of amides is 2. The SMILES string of the molecule is CCCn1c(S[C@@H](C)C(=O)Nc2ccc(NC(C)=O)cc2)nc2cc(Cl)ccc2c1=O. The molecule has 2 amide bonds. The van der Waals surface area contributed by atoms with Gasteiger partial charge >= 0.3 is 0 Å². The highest BCUT2D eigenvalue weighted by Crippen LogP contribution is 2.25. The second-order valence-corrected chi connectivity index (χ2v) is 8.76. The summed E-state index contributed by atoms with van der Waals surface area (Å²) in [7, 11) is 0. The molecule has 0 fully saturated rings. The summed E-state index contributed by atoms with van der Waals surface area (Å²) in [6.45, 7) is 5.68. The number of nitrogens with zero attached hydrogens (tertiary/aromatic N) is 2. The maximum atomic E-state index is 12.9. The molecular formula is C22H23ClN4O3S. The van der Waals surface area contributed by atoms with Gasteiger partial charge in [0.1, 0.15) is 0 Å². The number of thioether (sulfide) groups is 1. The van der Waals surface area contributed by atoms with Crippen LogP contribution in [0.4, 0.5) is 11.4 Å². The minimum atomic E-state index is -0.498. The topological polar surface area (TPSA) is 93.1 Å². The molecule has 0 aliphatic rings. The Morgan fingerprint density at radius 1 is 1.13 bits per heavy atom. The minimum Gasteiger partial charge on any atom is -0.326 e. The first kappa shape index (κ1) is 22.8. The average molecular weight is 459 g/mol. The molecule has 0 saturated heterocycles. The van der Waals surface area contributed by atoms with Gasteiger partial charge in [0.25, 0.3) is 5.56 Å². The number of anilines is 2. The fourth-order valence-electron chi connectivity index (χ4n) is 2.98. The molecule has 1 heterocycles. The van der Waals surface area contributed by atoms with Crippen molar-refractivity contribution in [2.24, 2.45) is 0 Å². The Morgan fingerprint density at radius 2 is 1.77 bits per heavy atom. The largest absolute Gasteiger partial charge is 0.326 e. The lowest BCUT2D eigenvalue weighted by atomic mass is 10.2. The monoisotopic (exact) mass is 458 g/mol. The summed E-state index contributed by atoms with van der Waals surface area (Å²) in [6, 6.07) is 11.8. The molecule has 3 rings (SSSR count). The summed E-state index contributed by atoms with van der Waals surface area (Å²) in [4.78, 5) is 41.4. The van der Waals surface area contributed by atoms with Crippen LogP contribution in [0.2, 0.25) is 5.02 Å². The molecule has 9 heteroatoms. The maximum absolute atomic E-state index is 12.9. The fourth-order valence-corrected chi connectivity index (χ4v) is 4.08. The summed E-state index contributed by atoms with van der Waals surface area (Å²) >= 11 is 7.29. The van der Waals surface area contributed by atoms with Crippen LogP contribution in [-0.2, 0) is 16.1 Å². The Balaban J connectivity index is 1.80. The smallest absolute Gasteiger partial charge is 0.262 e. The fraction of sp³-hybridized carbons (Fsp3) is 0.273. The van der Waals surface area contributed by atoms with Crippen LogP contribution in [0.3, 0.4) is 0 Å². The second-order valence-electron chi connectivity index (χ2n) is 7.02. The van der Waals surface area contributed by atoms with Gasteiger partial charge in [0, 0.05) is 29.9 Å². The van der Waals surface area contributed by atoms with E-state index in [1.807, 2.05) is 6.92 Å². The summed E-state index contributed by atoms with van der Waals surface area (Å²) in [5.41, 5.74) is 1.62. The van der Waals surface area contributed by atoms with Gasteiger partial charge < -0.3 is 10.6 Å². The van der Waals surface area contributed by atoms with Crippen molar-refractivity contribution in [2.75, 3.05) is 10.6 Å². The van der Waals surface area contributed by atoms with Gasteiger partial charge in [-0.1, -0.05) is 30.3 Å².